The van der Waals surface area contributed by atoms with Crippen LogP contribution in [0.4, 0.5) is 0 Å². The van der Waals surface area contributed by atoms with E-state index in [-0.39, 0.29) is 0 Å². The quantitative estimate of drug-likeness (QED) is 0.268. The van der Waals surface area contributed by atoms with Crippen LogP contribution in [0.25, 0.3) is 0 Å². The Bertz CT molecular complexity index is 664. The Morgan fingerprint density at radius 1 is 0.846 bits per heavy atom. The Labute approximate surface area is 164 Å². The zero-order valence-corrected chi connectivity index (χ0v) is 17.7. The summed E-state index contributed by atoms with van der Waals surface area (Å²) >= 11 is 2.71. The number of aryl methyl sites for hydroxylation is 2. The smallest absolute Gasteiger partial charge is 0.334 e. The first-order valence-electron chi connectivity index (χ1n) is 8.03. The molecule has 26 heavy (non-hydrogen) atoms. The molecule has 0 N–H and O–H groups in total. The van der Waals surface area contributed by atoms with Crippen molar-refractivity contribution in [3.8, 4) is 0 Å². The van der Waals surface area contributed by atoms with Gasteiger partial charge in [-0.3, -0.25) is 0 Å². The molecule has 2 unspecified atom stereocenters. The summed E-state index contributed by atoms with van der Waals surface area (Å²) in [7, 11) is 0. The van der Waals surface area contributed by atoms with Crippen LogP contribution in [0.3, 0.4) is 0 Å². The summed E-state index contributed by atoms with van der Waals surface area (Å²) in [5.74, 6) is -0.869. The van der Waals surface area contributed by atoms with E-state index in [4.69, 9.17) is 9.47 Å². The maximum absolute atomic E-state index is 11.7. The number of rotatable bonds is 8. The number of carbonyl (C=O) groups is 2. The summed E-state index contributed by atoms with van der Waals surface area (Å²) in [6.45, 7) is 17.8. The van der Waals surface area contributed by atoms with E-state index in [1.807, 2.05) is 13.8 Å². The van der Waals surface area contributed by atoms with Crippen LogP contribution in [-0.4, -0.2) is 22.8 Å². The fourth-order valence-corrected chi connectivity index (χ4v) is 3.65. The highest BCUT2D eigenvalue weighted by Crippen LogP contribution is 2.37. The highest BCUT2D eigenvalue weighted by Gasteiger charge is 2.19. The number of benzene rings is 1. The number of carbonyl (C=O) groups excluding carboxylic acids is 2. The van der Waals surface area contributed by atoms with Gasteiger partial charge in [-0.2, -0.15) is 0 Å². The van der Waals surface area contributed by atoms with Crippen LogP contribution in [0.15, 0.2) is 34.1 Å². The Balaban J connectivity index is 2.95. The van der Waals surface area contributed by atoms with Crippen LogP contribution in [0, 0.1) is 26.0 Å². The van der Waals surface area contributed by atoms with E-state index in [9.17, 15) is 9.59 Å². The number of thioether (sulfide) groups is 2. The van der Waals surface area contributed by atoms with Gasteiger partial charge in [-0.05, 0) is 52.7 Å². The summed E-state index contributed by atoms with van der Waals surface area (Å²) in [5, 5.41) is 0. The zero-order valence-electron chi connectivity index (χ0n) is 16.0. The molecule has 0 aliphatic heterocycles. The topological polar surface area (TPSA) is 52.6 Å². The van der Waals surface area contributed by atoms with Gasteiger partial charge in [0.05, 0.1) is 0 Å². The largest absolute Gasteiger partial charge is 0.448 e. The Hall–Kier alpha value is -1.66. The first-order valence-corrected chi connectivity index (χ1v) is 9.79. The van der Waals surface area contributed by atoms with Crippen molar-refractivity contribution >= 4 is 35.5 Å². The van der Waals surface area contributed by atoms with Gasteiger partial charge in [-0.15, -0.1) is 0 Å². The standard InChI is InChI=1S/C20H24O4S2/c1-11(2)19(21)23-15(7)25-17-9-13(5)14(6)10-18(17)26-16(8)24-20(22)12(3)4/h15-16H,1,3H2,2,4-8H3. The van der Waals surface area contributed by atoms with E-state index in [0.29, 0.717) is 11.1 Å². The molecule has 140 valence electrons. The van der Waals surface area contributed by atoms with Crippen molar-refractivity contribution in [1.82, 2.24) is 0 Å². The van der Waals surface area contributed by atoms with Crippen molar-refractivity contribution in [1.29, 1.82) is 0 Å². The first-order chi connectivity index (χ1) is 12.0. The predicted octanol–water partition coefficient (Wildman–Crippen LogP) is 5.02. The number of hydrogen-bond acceptors (Lipinski definition) is 6. The molecule has 0 aliphatic carbocycles. The summed E-state index contributed by atoms with van der Waals surface area (Å²) < 4.78 is 10.7. The molecular formula is C20H24O4S2. The van der Waals surface area contributed by atoms with Gasteiger partial charge in [0.2, 0.25) is 0 Å². The van der Waals surface area contributed by atoms with Crippen LogP contribution in [-0.2, 0) is 19.1 Å². The fourth-order valence-electron chi connectivity index (χ4n) is 1.69. The number of esters is 2. The Morgan fingerprint density at radius 2 is 1.15 bits per heavy atom. The molecule has 6 heteroatoms. The molecular weight excluding hydrogens is 368 g/mol. The minimum absolute atomic E-state index is 0.350. The molecule has 0 saturated heterocycles. The van der Waals surface area contributed by atoms with Crippen molar-refractivity contribution in [3.63, 3.8) is 0 Å². The molecule has 0 bridgehead atoms. The maximum Gasteiger partial charge on any atom is 0.334 e. The van der Waals surface area contributed by atoms with E-state index >= 15 is 0 Å². The fraction of sp³-hybridized carbons (Fsp3) is 0.400. The molecule has 2 atom stereocenters. The first kappa shape index (κ1) is 22.4. The van der Waals surface area contributed by atoms with Gasteiger partial charge in [0.25, 0.3) is 0 Å². The predicted molar refractivity (Wildman–Crippen MR) is 106 cm³/mol. The average Bonchev–Trinajstić information content (AvgIpc) is 2.51. The van der Waals surface area contributed by atoms with Crippen molar-refractivity contribution in [3.05, 3.63) is 47.6 Å². The molecule has 0 fully saturated rings. The molecule has 0 aromatic heterocycles. The minimum atomic E-state index is -0.434. The zero-order chi connectivity index (χ0) is 20.0. The summed E-state index contributed by atoms with van der Waals surface area (Å²) in [5.41, 5.74) is 1.78. The third kappa shape index (κ3) is 6.92. The normalized spacial score (nSPS) is 12.8. The van der Waals surface area contributed by atoms with Gasteiger partial charge < -0.3 is 9.47 Å². The lowest BCUT2D eigenvalue weighted by Crippen LogP contribution is -2.13. The second kappa shape index (κ2) is 9.88. The average molecular weight is 393 g/mol. The molecule has 4 nitrogen and oxygen atoms in total. The monoisotopic (exact) mass is 392 g/mol. The molecule has 0 heterocycles. The van der Waals surface area contributed by atoms with Gasteiger partial charge >= 0.3 is 11.9 Å². The molecule has 2 radical (unpaired) electrons. The Morgan fingerprint density at radius 3 is 1.42 bits per heavy atom. The second-order valence-electron chi connectivity index (χ2n) is 5.90. The number of ether oxygens (including phenoxy) is 2. The van der Waals surface area contributed by atoms with Crippen LogP contribution >= 0.6 is 23.5 Å². The van der Waals surface area contributed by atoms with Crippen LogP contribution < -0.4 is 0 Å². The maximum atomic E-state index is 11.7. The SMILES string of the molecule is C=C(C)C(=O)OC(C)Sc1[c]c(C)c(C)[c]c1SC(C)OC(=O)C(=C)C. The summed E-state index contributed by atoms with van der Waals surface area (Å²) in [4.78, 5) is 25.0. The third-order valence-electron chi connectivity index (χ3n) is 3.18. The van der Waals surface area contributed by atoms with Gasteiger partial charge in [0.15, 0.2) is 0 Å². The van der Waals surface area contributed by atoms with Gasteiger partial charge in [-0.25, -0.2) is 9.59 Å². The third-order valence-corrected chi connectivity index (χ3v) is 5.25. The molecule has 0 saturated carbocycles. The van der Waals surface area contributed by atoms with Crippen LogP contribution in [0.5, 0.6) is 0 Å². The van der Waals surface area contributed by atoms with Crippen LogP contribution in [0.1, 0.15) is 38.8 Å². The lowest BCUT2D eigenvalue weighted by Gasteiger charge is -2.18. The minimum Gasteiger partial charge on any atom is -0.448 e. The van der Waals surface area contributed by atoms with E-state index < -0.39 is 22.8 Å². The molecule has 1 aromatic carbocycles. The van der Waals surface area contributed by atoms with Crippen molar-refractivity contribution in [2.24, 2.45) is 0 Å². The van der Waals surface area contributed by atoms with Crippen molar-refractivity contribution < 1.29 is 19.1 Å². The summed E-state index contributed by atoms with van der Waals surface area (Å²) in [6.07, 6.45) is 0. The molecule has 0 spiro atoms. The van der Waals surface area contributed by atoms with Crippen LogP contribution in [0.2, 0.25) is 0 Å². The molecule has 0 aliphatic rings. The van der Waals surface area contributed by atoms with E-state index in [1.165, 1.54) is 23.5 Å². The van der Waals surface area contributed by atoms with E-state index in [1.54, 1.807) is 27.7 Å². The lowest BCUT2D eigenvalue weighted by atomic mass is 10.1. The molecule has 1 rings (SSSR count). The molecule has 0 amide bonds. The van der Waals surface area contributed by atoms with Crippen molar-refractivity contribution in [2.45, 2.75) is 62.2 Å². The Kier molecular flexibility index (Phi) is 8.50. The highest BCUT2D eigenvalue weighted by molar-refractivity contribution is 8.02. The van der Waals surface area contributed by atoms with E-state index in [0.717, 1.165) is 20.9 Å². The van der Waals surface area contributed by atoms with Gasteiger partial charge in [0.1, 0.15) is 10.9 Å². The summed E-state index contributed by atoms with van der Waals surface area (Å²) in [6, 6.07) is 6.60. The highest BCUT2D eigenvalue weighted by atomic mass is 32.2. The van der Waals surface area contributed by atoms with Gasteiger partial charge in [-0.1, -0.05) is 36.7 Å². The number of hydrogen-bond donors (Lipinski definition) is 0. The lowest BCUT2D eigenvalue weighted by molar-refractivity contribution is -0.140. The van der Waals surface area contributed by atoms with Gasteiger partial charge in [0, 0.05) is 33.1 Å². The van der Waals surface area contributed by atoms with Crippen molar-refractivity contribution in [2.75, 3.05) is 0 Å². The van der Waals surface area contributed by atoms with E-state index in [2.05, 4.69) is 25.3 Å². The second-order valence-corrected chi connectivity index (χ2v) is 8.52. The molecule has 1 aromatic rings.